The van der Waals surface area contributed by atoms with E-state index in [1.54, 1.807) is 42.7 Å². The molecule has 2 rings (SSSR count). The Bertz CT molecular complexity index is 688. The van der Waals surface area contributed by atoms with Crippen molar-refractivity contribution in [2.75, 3.05) is 16.4 Å². The van der Waals surface area contributed by atoms with Gasteiger partial charge in [0.05, 0.1) is 0 Å². The van der Waals surface area contributed by atoms with Crippen molar-refractivity contribution in [2.45, 2.75) is 0 Å². The molecule has 0 radical (unpaired) electrons. The van der Waals surface area contributed by atoms with Crippen LogP contribution in [0.1, 0.15) is 0 Å². The van der Waals surface area contributed by atoms with Gasteiger partial charge in [-0.2, -0.15) is 5.26 Å². The number of amides is 1. The second-order valence-corrected chi connectivity index (χ2v) is 3.96. The normalized spacial score (nSPS) is 10.5. The van der Waals surface area contributed by atoms with E-state index in [0.29, 0.717) is 17.3 Å². The molecule has 0 atom stereocenters. The zero-order valence-electron chi connectivity index (χ0n) is 10.9. The fraction of sp³-hybridized carbons (Fsp3) is 0. The Morgan fingerprint density at radius 3 is 2.52 bits per heavy atom. The lowest BCUT2D eigenvalue weighted by Crippen LogP contribution is -2.14. The molecule has 0 unspecified atom stereocenters. The number of benzene rings is 1. The fourth-order valence-electron chi connectivity index (χ4n) is 1.42. The van der Waals surface area contributed by atoms with Crippen molar-refractivity contribution >= 4 is 23.2 Å². The molecule has 1 heterocycles. The van der Waals surface area contributed by atoms with Crippen LogP contribution in [0.25, 0.3) is 0 Å². The summed E-state index contributed by atoms with van der Waals surface area (Å²) in [5.41, 5.74) is 6.59. The Labute approximate surface area is 121 Å². The maximum absolute atomic E-state index is 11.9. The van der Waals surface area contributed by atoms with E-state index >= 15 is 0 Å². The van der Waals surface area contributed by atoms with Crippen LogP contribution in [0.4, 0.5) is 17.3 Å². The van der Waals surface area contributed by atoms with Crippen molar-refractivity contribution < 1.29 is 4.79 Å². The number of carbonyl (C=O) groups excluding carboxylic acids is 1. The minimum Gasteiger partial charge on any atom is -0.399 e. The molecule has 1 aromatic carbocycles. The first-order chi connectivity index (χ1) is 10.2. The average Bonchev–Trinajstić information content (AvgIpc) is 2.51. The zero-order chi connectivity index (χ0) is 15.1. The molecule has 0 aliphatic carbocycles. The molecule has 4 N–H and O–H groups in total. The van der Waals surface area contributed by atoms with Crippen molar-refractivity contribution in [3.63, 3.8) is 0 Å². The summed E-state index contributed by atoms with van der Waals surface area (Å²) in [5.74, 6) is -0.240. The van der Waals surface area contributed by atoms with Gasteiger partial charge in [-0.3, -0.25) is 4.79 Å². The highest BCUT2D eigenvalue weighted by molar-refractivity contribution is 6.06. The van der Waals surface area contributed by atoms with Gasteiger partial charge >= 0.3 is 0 Å². The SMILES string of the molecule is N#C/C(=C/Nc1ncccn1)C(=O)Nc1ccc(N)cc1. The molecule has 7 heteroatoms. The summed E-state index contributed by atoms with van der Waals surface area (Å²) >= 11 is 0. The Morgan fingerprint density at radius 1 is 1.24 bits per heavy atom. The van der Waals surface area contributed by atoms with Gasteiger partial charge in [0.2, 0.25) is 5.95 Å². The number of nitrogen functional groups attached to an aromatic ring is 1. The van der Waals surface area contributed by atoms with Crippen molar-refractivity contribution in [1.82, 2.24) is 9.97 Å². The topological polar surface area (TPSA) is 117 Å². The summed E-state index contributed by atoms with van der Waals surface area (Å²) in [6.45, 7) is 0. The first-order valence-electron chi connectivity index (χ1n) is 6.00. The minimum atomic E-state index is -0.536. The lowest BCUT2D eigenvalue weighted by atomic mass is 10.2. The van der Waals surface area contributed by atoms with Crippen molar-refractivity contribution in [3.05, 3.63) is 54.5 Å². The standard InChI is InChI=1S/C14H12N6O/c15-8-10(9-19-14-17-6-1-7-18-14)13(21)20-12-4-2-11(16)3-5-12/h1-7,9H,16H2,(H,20,21)(H,17,18,19)/b10-9-. The van der Waals surface area contributed by atoms with E-state index in [1.807, 2.05) is 6.07 Å². The van der Waals surface area contributed by atoms with Gasteiger partial charge in [-0.05, 0) is 30.3 Å². The van der Waals surface area contributed by atoms with E-state index in [2.05, 4.69) is 20.6 Å². The Kier molecular flexibility index (Phi) is 4.46. The van der Waals surface area contributed by atoms with E-state index in [9.17, 15) is 4.79 Å². The van der Waals surface area contributed by atoms with Gasteiger partial charge in [0, 0.05) is 30.0 Å². The molecule has 0 aliphatic rings. The van der Waals surface area contributed by atoms with Crippen LogP contribution in [-0.4, -0.2) is 15.9 Å². The van der Waals surface area contributed by atoms with Crippen molar-refractivity contribution in [1.29, 1.82) is 5.26 Å². The monoisotopic (exact) mass is 280 g/mol. The molecule has 0 fully saturated rings. The fourth-order valence-corrected chi connectivity index (χ4v) is 1.42. The van der Waals surface area contributed by atoms with Crippen LogP contribution in [0.3, 0.4) is 0 Å². The first-order valence-corrected chi connectivity index (χ1v) is 6.00. The van der Waals surface area contributed by atoms with E-state index in [-0.39, 0.29) is 5.57 Å². The van der Waals surface area contributed by atoms with E-state index in [0.717, 1.165) is 0 Å². The quantitative estimate of drug-likeness (QED) is 0.444. The minimum absolute atomic E-state index is 0.0979. The lowest BCUT2D eigenvalue weighted by molar-refractivity contribution is -0.112. The predicted molar refractivity (Wildman–Crippen MR) is 78.8 cm³/mol. The molecular weight excluding hydrogens is 268 g/mol. The van der Waals surface area contributed by atoms with Gasteiger partial charge in [0.15, 0.2) is 0 Å². The molecule has 2 aromatic rings. The molecule has 0 spiro atoms. The van der Waals surface area contributed by atoms with Crippen LogP contribution in [0, 0.1) is 11.3 Å². The molecule has 0 saturated carbocycles. The number of nitrogens with one attached hydrogen (secondary N) is 2. The van der Waals surface area contributed by atoms with Crippen molar-refractivity contribution in [3.8, 4) is 6.07 Å². The molecule has 21 heavy (non-hydrogen) atoms. The molecule has 1 amide bonds. The van der Waals surface area contributed by atoms with Crippen LogP contribution in [0.15, 0.2) is 54.5 Å². The highest BCUT2D eigenvalue weighted by atomic mass is 16.1. The molecule has 0 bridgehead atoms. The molecule has 1 aromatic heterocycles. The van der Waals surface area contributed by atoms with Crippen LogP contribution in [-0.2, 0) is 4.79 Å². The van der Waals surface area contributed by atoms with Gasteiger partial charge in [-0.25, -0.2) is 9.97 Å². The first kappa shape index (κ1) is 14.0. The highest BCUT2D eigenvalue weighted by Crippen LogP contribution is 2.11. The molecular formula is C14H12N6O. The third kappa shape index (κ3) is 4.04. The maximum atomic E-state index is 11.9. The van der Waals surface area contributed by atoms with Crippen LogP contribution >= 0.6 is 0 Å². The van der Waals surface area contributed by atoms with Crippen LogP contribution in [0.2, 0.25) is 0 Å². The zero-order valence-corrected chi connectivity index (χ0v) is 10.9. The summed E-state index contributed by atoms with van der Waals surface area (Å²) < 4.78 is 0. The summed E-state index contributed by atoms with van der Waals surface area (Å²) in [6, 6.07) is 10.1. The maximum Gasteiger partial charge on any atom is 0.267 e. The molecule has 104 valence electrons. The third-order valence-corrected chi connectivity index (χ3v) is 2.45. The second-order valence-electron chi connectivity index (χ2n) is 3.96. The number of nitrogens with two attached hydrogens (primary N) is 1. The van der Waals surface area contributed by atoms with E-state index in [1.165, 1.54) is 6.20 Å². The largest absolute Gasteiger partial charge is 0.399 e. The highest BCUT2D eigenvalue weighted by Gasteiger charge is 2.09. The van der Waals surface area contributed by atoms with Crippen LogP contribution in [0.5, 0.6) is 0 Å². The molecule has 7 nitrogen and oxygen atoms in total. The summed E-state index contributed by atoms with van der Waals surface area (Å²) in [7, 11) is 0. The van der Waals surface area contributed by atoms with Gasteiger partial charge in [-0.15, -0.1) is 0 Å². The summed E-state index contributed by atoms with van der Waals surface area (Å²) in [4.78, 5) is 19.8. The van der Waals surface area contributed by atoms with Gasteiger partial charge in [0.25, 0.3) is 5.91 Å². The van der Waals surface area contributed by atoms with Gasteiger partial charge < -0.3 is 16.4 Å². The number of carbonyl (C=O) groups is 1. The molecule has 0 saturated heterocycles. The van der Waals surface area contributed by atoms with E-state index < -0.39 is 5.91 Å². The number of nitrogens with zero attached hydrogens (tertiary/aromatic N) is 3. The number of nitriles is 1. The number of hydrogen-bond acceptors (Lipinski definition) is 6. The summed E-state index contributed by atoms with van der Waals surface area (Å²) in [5, 5.41) is 14.3. The molecule has 0 aliphatic heterocycles. The van der Waals surface area contributed by atoms with E-state index in [4.69, 9.17) is 11.0 Å². The number of anilines is 3. The Balaban J connectivity index is 2.05. The van der Waals surface area contributed by atoms with Crippen molar-refractivity contribution in [2.24, 2.45) is 0 Å². The van der Waals surface area contributed by atoms with Crippen LogP contribution < -0.4 is 16.4 Å². The predicted octanol–water partition coefficient (Wildman–Crippen LogP) is 1.52. The third-order valence-electron chi connectivity index (χ3n) is 2.45. The number of hydrogen-bond donors (Lipinski definition) is 3. The summed E-state index contributed by atoms with van der Waals surface area (Å²) in [6.07, 6.45) is 4.34. The Hall–Kier alpha value is -3.40. The Morgan fingerprint density at radius 2 is 1.90 bits per heavy atom. The van der Waals surface area contributed by atoms with Gasteiger partial charge in [0.1, 0.15) is 11.6 Å². The lowest BCUT2D eigenvalue weighted by Gasteiger charge is -2.04. The second kappa shape index (κ2) is 6.68. The number of rotatable bonds is 4. The average molecular weight is 280 g/mol. The number of aromatic nitrogens is 2. The van der Waals surface area contributed by atoms with Gasteiger partial charge in [-0.1, -0.05) is 0 Å². The smallest absolute Gasteiger partial charge is 0.267 e.